The quantitative estimate of drug-likeness (QED) is 0.814. The number of hydrogen-bond acceptors (Lipinski definition) is 4. The second kappa shape index (κ2) is 5.73. The van der Waals surface area contributed by atoms with Crippen molar-refractivity contribution in [2.75, 3.05) is 34.9 Å². The summed E-state index contributed by atoms with van der Waals surface area (Å²) in [5.41, 5.74) is 9.06. The van der Waals surface area contributed by atoms with Crippen LogP contribution in [0.15, 0.2) is 18.2 Å². The minimum Gasteiger partial charge on any atom is -0.399 e. The number of nitrogens with two attached hydrogens (primary N) is 1. The number of anilines is 2. The van der Waals surface area contributed by atoms with E-state index in [0.29, 0.717) is 0 Å². The molecule has 0 aliphatic carbocycles. The minimum absolute atomic E-state index is 0.736. The predicted molar refractivity (Wildman–Crippen MR) is 77.7 cm³/mol. The van der Waals surface area contributed by atoms with Crippen LogP contribution in [-0.2, 0) is 0 Å². The monoisotopic (exact) mass is 254 g/mol. The molecule has 1 atom stereocenters. The van der Waals surface area contributed by atoms with E-state index in [9.17, 15) is 0 Å². The van der Waals surface area contributed by atoms with E-state index in [1.165, 1.54) is 28.5 Å². The van der Waals surface area contributed by atoms with Gasteiger partial charge in [0.1, 0.15) is 0 Å². The zero-order valence-corrected chi connectivity index (χ0v) is 11.2. The van der Waals surface area contributed by atoms with Crippen molar-refractivity contribution in [3.63, 3.8) is 0 Å². The average Bonchev–Trinajstić information content (AvgIpc) is 2.32. The van der Waals surface area contributed by atoms with E-state index in [1.807, 2.05) is 12.1 Å². The van der Waals surface area contributed by atoms with E-state index >= 15 is 0 Å². The van der Waals surface area contributed by atoms with E-state index in [1.54, 1.807) is 0 Å². The molecule has 4 heteroatoms. The largest absolute Gasteiger partial charge is 0.399 e. The van der Waals surface area contributed by atoms with Gasteiger partial charge in [0.05, 0.1) is 0 Å². The highest BCUT2D eigenvalue weighted by Crippen LogP contribution is 2.25. The van der Waals surface area contributed by atoms with E-state index in [2.05, 4.69) is 41.8 Å². The Balaban J connectivity index is 1.90. The summed E-state index contributed by atoms with van der Waals surface area (Å²) in [6, 6.07) is 6.04. The number of nitrogen functional groups attached to an aromatic ring is 1. The van der Waals surface area contributed by atoms with E-state index < -0.39 is 0 Å². The zero-order chi connectivity index (χ0) is 11.4. The molecule has 0 bridgehead atoms. The highest BCUT2D eigenvalue weighted by Gasteiger charge is 2.14. The molecule has 2 nitrogen and oxygen atoms in total. The van der Waals surface area contributed by atoms with Gasteiger partial charge < -0.3 is 11.1 Å². The van der Waals surface area contributed by atoms with Gasteiger partial charge in [-0.05, 0) is 24.6 Å². The molecule has 1 fully saturated rings. The molecule has 0 saturated carbocycles. The van der Waals surface area contributed by atoms with Gasteiger partial charge in [-0.1, -0.05) is 6.07 Å². The maximum atomic E-state index is 5.79. The molecule has 2 rings (SSSR count). The molecule has 0 aromatic heterocycles. The van der Waals surface area contributed by atoms with Crippen LogP contribution in [0.5, 0.6) is 0 Å². The number of nitrogens with one attached hydrogen (secondary N) is 1. The van der Waals surface area contributed by atoms with E-state index in [4.69, 9.17) is 5.73 Å². The SMILES string of the molecule is Cc1ccc(N)cc1NCC1CSCCS1. The summed E-state index contributed by atoms with van der Waals surface area (Å²) in [5.74, 6) is 3.85. The summed E-state index contributed by atoms with van der Waals surface area (Å²) in [6.45, 7) is 3.16. The lowest BCUT2D eigenvalue weighted by atomic mass is 10.2. The van der Waals surface area contributed by atoms with Gasteiger partial charge in [-0.3, -0.25) is 0 Å². The molecular formula is C12H18N2S2. The maximum Gasteiger partial charge on any atom is 0.0390 e. The lowest BCUT2D eigenvalue weighted by Gasteiger charge is -2.22. The fourth-order valence-corrected chi connectivity index (χ4v) is 4.32. The van der Waals surface area contributed by atoms with Crippen molar-refractivity contribution in [1.29, 1.82) is 0 Å². The number of thioether (sulfide) groups is 2. The third-order valence-electron chi connectivity index (χ3n) is 2.67. The van der Waals surface area contributed by atoms with Crippen LogP contribution in [0.4, 0.5) is 11.4 Å². The van der Waals surface area contributed by atoms with Crippen LogP contribution in [0.3, 0.4) is 0 Å². The molecule has 1 saturated heterocycles. The topological polar surface area (TPSA) is 38.0 Å². The van der Waals surface area contributed by atoms with Crippen LogP contribution in [0.25, 0.3) is 0 Å². The first-order valence-electron chi connectivity index (χ1n) is 5.55. The van der Waals surface area contributed by atoms with E-state index in [0.717, 1.165) is 17.5 Å². The van der Waals surface area contributed by atoms with Crippen molar-refractivity contribution >= 4 is 34.9 Å². The van der Waals surface area contributed by atoms with Gasteiger partial charge in [0.25, 0.3) is 0 Å². The standard InChI is InChI=1S/C12H18N2S2/c1-9-2-3-10(13)6-12(9)14-7-11-8-15-4-5-16-11/h2-3,6,11,14H,4-5,7-8,13H2,1H3. The number of benzene rings is 1. The molecule has 1 unspecified atom stereocenters. The summed E-state index contributed by atoms with van der Waals surface area (Å²) >= 11 is 4.14. The fraction of sp³-hybridized carbons (Fsp3) is 0.500. The molecule has 0 radical (unpaired) electrons. The summed E-state index contributed by atoms with van der Waals surface area (Å²) in [6.07, 6.45) is 0. The van der Waals surface area contributed by atoms with Crippen LogP contribution >= 0.6 is 23.5 Å². The van der Waals surface area contributed by atoms with Crippen LogP contribution < -0.4 is 11.1 Å². The van der Waals surface area contributed by atoms with Crippen molar-refractivity contribution in [2.45, 2.75) is 12.2 Å². The molecule has 1 aromatic carbocycles. The zero-order valence-electron chi connectivity index (χ0n) is 9.53. The van der Waals surface area contributed by atoms with Gasteiger partial charge in [-0.25, -0.2) is 0 Å². The van der Waals surface area contributed by atoms with Crippen LogP contribution in [0.1, 0.15) is 5.56 Å². The smallest absolute Gasteiger partial charge is 0.0390 e. The van der Waals surface area contributed by atoms with Crippen LogP contribution in [0, 0.1) is 6.92 Å². The molecule has 0 amide bonds. The van der Waals surface area contributed by atoms with Gasteiger partial charge >= 0.3 is 0 Å². The van der Waals surface area contributed by atoms with Gasteiger partial charge in [-0.15, -0.1) is 0 Å². The van der Waals surface area contributed by atoms with Crippen molar-refractivity contribution < 1.29 is 0 Å². The highest BCUT2D eigenvalue weighted by atomic mass is 32.2. The Morgan fingerprint density at radius 2 is 2.31 bits per heavy atom. The summed E-state index contributed by atoms with van der Waals surface area (Å²) in [4.78, 5) is 0. The van der Waals surface area contributed by atoms with Crippen molar-refractivity contribution in [1.82, 2.24) is 0 Å². The second-order valence-electron chi connectivity index (χ2n) is 4.02. The molecule has 1 aromatic rings. The lowest BCUT2D eigenvalue weighted by Crippen LogP contribution is -2.23. The van der Waals surface area contributed by atoms with Crippen LogP contribution in [0.2, 0.25) is 0 Å². The Hall–Kier alpha value is -0.480. The Kier molecular flexibility index (Phi) is 4.29. The Labute approximate surface area is 106 Å². The Morgan fingerprint density at radius 3 is 3.06 bits per heavy atom. The molecule has 1 heterocycles. The number of hydrogen-bond donors (Lipinski definition) is 2. The molecule has 1 aliphatic rings. The van der Waals surface area contributed by atoms with Crippen molar-refractivity contribution in [3.8, 4) is 0 Å². The van der Waals surface area contributed by atoms with E-state index in [-0.39, 0.29) is 0 Å². The molecule has 0 spiro atoms. The third-order valence-corrected chi connectivity index (χ3v) is 5.51. The Morgan fingerprint density at radius 1 is 1.44 bits per heavy atom. The molecular weight excluding hydrogens is 236 g/mol. The highest BCUT2D eigenvalue weighted by molar-refractivity contribution is 8.06. The third kappa shape index (κ3) is 3.25. The number of aryl methyl sites for hydroxylation is 1. The summed E-state index contributed by atoms with van der Waals surface area (Å²) in [5, 5.41) is 4.25. The van der Waals surface area contributed by atoms with Gasteiger partial charge in [0.2, 0.25) is 0 Å². The van der Waals surface area contributed by atoms with Gasteiger partial charge in [0.15, 0.2) is 0 Å². The summed E-state index contributed by atoms with van der Waals surface area (Å²) < 4.78 is 0. The second-order valence-corrected chi connectivity index (χ2v) is 6.58. The fourth-order valence-electron chi connectivity index (χ4n) is 1.71. The predicted octanol–water partition coefficient (Wildman–Crippen LogP) is 2.84. The molecule has 3 N–H and O–H groups in total. The minimum atomic E-state index is 0.736. The summed E-state index contributed by atoms with van der Waals surface area (Å²) in [7, 11) is 0. The average molecular weight is 254 g/mol. The Bertz CT molecular complexity index is 349. The lowest BCUT2D eigenvalue weighted by molar-refractivity contribution is 1.00. The first kappa shape index (κ1) is 12.0. The molecule has 1 aliphatic heterocycles. The maximum absolute atomic E-state index is 5.79. The van der Waals surface area contributed by atoms with Gasteiger partial charge in [-0.2, -0.15) is 23.5 Å². The number of rotatable bonds is 3. The van der Waals surface area contributed by atoms with Crippen molar-refractivity contribution in [3.05, 3.63) is 23.8 Å². The van der Waals surface area contributed by atoms with Crippen molar-refractivity contribution in [2.24, 2.45) is 0 Å². The normalized spacial score (nSPS) is 20.7. The molecule has 88 valence electrons. The van der Waals surface area contributed by atoms with Crippen LogP contribution in [-0.4, -0.2) is 29.1 Å². The van der Waals surface area contributed by atoms with Gasteiger partial charge in [0, 0.05) is 40.4 Å². The first-order valence-corrected chi connectivity index (χ1v) is 7.75. The first-order chi connectivity index (χ1) is 7.75. The molecule has 16 heavy (non-hydrogen) atoms.